The van der Waals surface area contributed by atoms with Crippen LogP contribution in [0, 0.1) is 5.92 Å². The summed E-state index contributed by atoms with van der Waals surface area (Å²) < 4.78 is 10.3. The first-order valence-corrected chi connectivity index (χ1v) is 6.63. The predicted molar refractivity (Wildman–Crippen MR) is 65.1 cm³/mol. The molecule has 0 amide bonds. The maximum absolute atomic E-state index is 11.9. The summed E-state index contributed by atoms with van der Waals surface area (Å²) in [7, 11) is 0. The molecule has 1 unspecified atom stereocenters. The van der Waals surface area contributed by atoms with Gasteiger partial charge in [0.15, 0.2) is 5.82 Å². The van der Waals surface area contributed by atoms with E-state index in [0.717, 1.165) is 18.7 Å². The molecule has 18 heavy (non-hydrogen) atoms. The smallest absolute Gasteiger partial charge is 0.318 e. The monoisotopic (exact) mass is 252 g/mol. The molecule has 1 aliphatic carbocycles. The van der Waals surface area contributed by atoms with Crippen LogP contribution in [0.15, 0.2) is 4.52 Å². The molecule has 0 aliphatic heterocycles. The van der Waals surface area contributed by atoms with Crippen LogP contribution in [0.25, 0.3) is 0 Å². The SMILES string of the molecule is CCOC(=O)C(c1nc(C2CCC2)no1)C(C)C. The van der Waals surface area contributed by atoms with Crippen molar-refractivity contribution in [2.75, 3.05) is 6.61 Å². The van der Waals surface area contributed by atoms with Gasteiger partial charge in [0.1, 0.15) is 5.92 Å². The van der Waals surface area contributed by atoms with Gasteiger partial charge in [0, 0.05) is 5.92 Å². The molecule has 1 fully saturated rings. The maximum Gasteiger partial charge on any atom is 0.318 e. The van der Waals surface area contributed by atoms with E-state index in [-0.39, 0.29) is 11.9 Å². The molecule has 0 aromatic carbocycles. The van der Waals surface area contributed by atoms with Gasteiger partial charge in [0.05, 0.1) is 6.61 Å². The van der Waals surface area contributed by atoms with Crippen molar-refractivity contribution in [3.63, 3.8) is 0 Å². The van der Waals surface area contributed by atoms with Gasteiger partial charge < -0.3 is 9.26 Å². The zero-order valence-electron chi connectivity index (χ0n) is 11.2. The van der Waals surface area contributed by atoms with Crippen molar-refractivity contribution >= 4 is 5.97 Å². The van der Waals surface area contributed by atoms with E-state index in [1.54, 1.807) is 6.92 Å². The Morgan fingerprint density at radius 1 is 1.50 bits per heavy atom. The number of nitrogens with zero attached hydrogens (tertiary/aromatic N) is 2. The molecule has 1 aromatic heterocycles. The van der Waals surface area contributed by atoms with E-state index in [0.29, 0.717) is 18.4 Å². The van der Waals surface area contributed by atoms with Gasteiger partial charge in [-0.2, -0.15) is 4.98 Å². The number of aromatic nitrogens is 2. The summed E-state index contributed by atoms with van der Waals surface area (Å²) in [5.74, 6) is 0.899. The zero-order valence-corrected chi connectivity index (χ0v) is 11.2. The standard InChI is InChI=1S/C13H20N2O3/c1-4-17-13(16)10(8(2)3)12-14-11(15-18-12)9-6-5-7-9/h8-10H,4-7H2,1-3H3. The number of carbonyl (C=O) groups is 1. The molecule has 5 heteroatoms. The second kappa shape index (κ2) is 5.50. The van der Waals surface area contributed by atoms with Crippen molar-refractivity contribution < 1.29 is 14.1 Å². The van der Waals surface area contributed by atoms with E-state index in [9.17, 15) is 4.79 Å². The Hall–Kier alpha value is -1.39. The molecule has 1 heterocycles. The fraction of sp³-hybridized carbons (Fsp3) is 0.769. The van der Waals surface area contributed by atoms with Crippen LogP contribution in [0.4, 0.5) is 0 Å². The maximum atomic E-state index is 11.9. The third kappa shape index (κ3) is 2.54. The van der Waals surface area contributed by atoms with Gasteiger partial charge in [-0.15, -0.1) is 0 Å². The molecule has 1 saturated carbocycles. The minimum Gasteiger partial charge on any atom is -0.465 e. The lowest BCUT2D eigenvalue weighted by Gasteiger charge is -2.21. The number of hydrogen-bond acceptors (Lipinski definition) is 5. The van der Waals surface area contributed by atoms with Crippen LogP contribution in [-0.2, 0) is 9.53 Å². The summed E-state index contributed by atoms with van der Waals surface area (Å²) in [6.45, 7) is 6.07. The highest BCUT2D eigenvalue weighted by Crippen LogP contribution is 2.35. The van der Waals surface area contributed by atoms with Crippen molar-refractivity contribution in [1.82, 2.24) is 10.1 Å². The molecule has 0 radical (unpaired) electrons. The normalized spacial score (nSPS) is 17.6. The largest absolute Gasteiger partial charge is 0.465 e. The Morgan fingerprint density at radius 3 is 2.72 bits per heavy atom. The van der Waals surface area contributed by atoms with Crippen LogP contribution in [0.1, 0.15) is 63.6 Å². The van der Waals surface area contributed by atoms with E-state index < -0.39 is 5.92 Å². The van der Waals surface area contributed by atoms with E-state index >= 15 is 0 Å². The molecule has 0 N–H and O–H groups in total. The third-order valence-corrected chi connectivity index (χ3v) is 3.40. The first-order valence-electron chi connectivity index (χ1n) is 6.63. The van der Waals surface area contributed by atoms with Crippen molar-refractivity contribution in [3.8, 4) is 0 Å². The molecule has 0 saturated heterocycles. The highest BCUT2D eigenvalue weighted by atomic mass is 16.5. The quantitative estimate of drug-likeness (QED) is 0.754. The molecule has 1 aromatic rings. The Balaban J connectivity index is 2.14. The highest BCUT2D eigenvalue weighted by molar-refractivity contribution is 5.77. The second-order valence-corrected chi connectivity index (χ2v) is 5.09. The molecule has 100 valence electrons. The van der Waals surface area contributed by atoms with E-state index in [2.05, 4.69) is 10.1 Å². The van der Waals surface area contributed by atoms with Crippen molar-refractivity contribution in [1.29, 1.82) is 0 Å². The van der Waals surface area contributed by atoms with Crippen LogP contribution in [0.2, 0.25) is 0 Å². The molecular formula is C13H20N2O3. The summed E-state index contributed by atoms with van der Waals surface area (Å²) in [5, 5.41) is 3.99. The predicted octanol–water partition coefficient (Wildman–Crippen LogP) is 2.64. The minimum absolute atomic E-state index is 0.0822. The summed E-state index contributed by atoms with van der Waals surface area (Å²) in [5.41, 5.74) is 0. The van der Waals surface area contributed by atoms with Gasteiger partial charge >= 0.3 is 5.97 Å². The highest BCUT2D eigenvalue weighted by Gasteiger charge is 2.33. The van der Waals surface area contributed by atoms with E-state index in [4.69, 9.17) is 9.26 Å². The molecule has 0 bridgehead atoms. The Labute approximate surface area is 107 Å². The number of hydrogen-bond donors (Lipinski definition) is 0. The Kier molecular flexibility index (Phi) is 3.99. The van der Waals surface area contributed by atoms with Gasteiger partial charge in [-0.25, -0.2) is 0 Å². The van der Waals surface area contributed by atoms with Crippen molar-refractivity contribution in [2.24, 2.45) is 5.92 Å². The fourth-order valence-electron chi connectivity index (χ4n) is 2.10. The lowest BCUT2D eigenvalue weighted by atomic mass is 9.85. The second-order valence-electron chi connectivity index (χ2n) is 5.09. The number of ether oxygens (including phenoxy) is 1. The Bertz CT molecular complexity index is 410. The molecule has 2 rings (SSSR count). The van der Waals surface area contributed by atoms with Gasteiger partial charge in [-0.05, 0) is 25.7 Å². The van der Waals surface area contributed by atoms with Crippen LogP contribution >= 0.6 is 0 Å². The van der Waals surface area contributed by atoms with E-state index in [1.807, 2.05) is 13.8 Å². The summed E-state index contributed by atoms with van der Waals surface area (Å²) in [6, 6.07) is 0. The van der Waals surface area contributed by atoms with E-state index in [1.165, 1.54) is 6.42 Å². The van der Waals surface area contributed by atoms with Crippen LogP contribution < -0.4 is 0 Å². The zero-order chi connectivity index (χ0) is 13.1. The van der Waals surface area contributed by atoms with Crippen LogP contribution in [0.5, 0.6) is 0 Å². The van der Waals surface area contributed by atoms with Gasteiger partial charge in [-0.1, -0.05) is 25.4 Å². The Morgan fingerprint density at radius 2 is 2.22 bits per heavy atom. The molecule has 1 atom stereocenters. The lowest BCUT2D eigenvalue weighted by molar-refractivity contribution is -0.146. The number of esters is 1. The third-order valence-electron chi connectivity index (χ3n) is 3.40. The number of rotatable bonds is 5. The van der Waals surface area contributed by atoms with Crippen molar-refractivity contribution in [3.05, 3.63) is 11.7 Å². The lowest BCUT2D eigenvalue weighted by Crippen LogP contribution is -2.21. The average Bonchev–Trinajstić information content (AvgIpc) is 2.64. The van der Waals surface area contributed by atoms with Gasteiger partial charge in [0.25, 0.3) is 0 Å². The first kappa shape index (κ1) is 13.1. The molecule has 0 spiro atoms. The summed E-state index contributed by atoms with van der Waals surface area (Å²) in [4.78, 5) is 16.3. The van der Waals surface area contributed by atoms with Gasteiger partial charge in [-0.3, -0.25) is 4.79 Å². The fourth-order valence-corrected chi connectivity index (χ4v) is 2.10. The van der Waals surface area contributed by atoms with Crippen LogP contribution in [0.3, 0.4) is 0 Å². The number of carbonyl (C=O) groups excluding carboxylic acids is 1. The average molecular weight is 252 g/mol. The summed E-state index contributed by atoms with van der Waals surface area (Å²) >= 11 is 0. The van der Waals surface area contributed by atoms with Gasteiger partial charge in [0.2, 0.25) is 5.89 Å². The minimum atomic E-state index is -0.453. The van der Waals surface area contributed by atoms with Crippen molar-refractivity contribution in [2.45, 2.75) is 51.9 Å². The molecule has 5 nitrogen and oxygen atoms in total. The molecular weight excluding hydrogens is 232 g/mol. The topological polar surface area (TPSA) is 65.2 Å². The van der Waals surface area contributed by atoms with Crippen LogP contribution in [-0.4, -0.2) is 22.7 Å². The first-order chi connectivity index (χ1) is 8.63. The molecule has 1 aliphatic rings. The summed E-state index contributed by atoms with van der Waals surface area (Å²) in [6.07, 6.45) is 3.45.